The Bertz CT molecular complexity index is 2950. The molecule has 2 heteroatoms. The second kappa shape index (κ2) is 18.3. The molecule has 0 aliphatic rings. The zero-order chi connectivity index (χ0) is 44.0. The topological polar surface area (TPSA) is 6.48 Å². The summed E-state index contributed by atoms with van der Waals surface area (Å²) in [6, 6.07) is 96.3. The molecule has 0 N–H and O–H groups in total. The monoisotopic (exact) mass is 834 g/mol. The van der Waals surface area contributed by atoms with Gasteiger partial charge in [0, 0.05) is 39.5 Å². The number of nitrogens with zero attached hydrogens (tertiary/aromatic N) is 2. The van der Waals surface area contributed by atoms with Crippen molar-refractivity contribution in [3.05, 3.63) is 278 Å². The van der Waals surface area contributed by atoms with Crippen LogP contribution in [0.2, 0.25) is 0 Å². The van der Waals surface area contributed by atoms with Gasteiger partial charge in [-0.3, -0.25) is 0 Å². The average molecular weight is 835 g/mol. The van der Waals surface area contributed by atoms with Gasteiger partial charge in [-0.05, 0) is 122 Å². The molecule has 0 aliphatic carbocycles. The van der Waals surface area contributed by atoms with Gasteiger partial charge >= 0.3 is 0 Å². The maximum absolute atomic E-state index is 2.37. The summed E-state index contributed by atoms with van der Waals surface area (Å²) in [7, 11) is 0. The first-order valence-electron chi connectivity index (χ1n) is 22.4. The van der Waals surface area contributed by atoms with Crippen molar-refractivity contribution in [1.29, 1.82) is 0 Å². The molecular weight excluding hydrogens is 785 g/mol. The van der Waals surface area contributed by atoms with Crippen LogP contribution >= 0.6 is 0 Å². The highest BCUT2D eigenvalue weighted by atomic mass is 15.2. The maximum Gasteiger partial charge on any atom is 0.0488 e. The minimum Gasteiger partial charge on any atom is -0.310 e. The Kier molecular flexibility index (Phi) is 11.5. The van der Waals surface area contributed by atoms with E-state index in [0.717, 1.165) is 45.3 Å². The van der Waals surface area contributed by atoms with Gasteiger partial charge in [0.25, 0.3) is 0 Å². The summed E-state index contributed by atoms with van der Waals surface area (Å²) in [6.07, 6.45) is 0. The summed E-state index contributed by atoms with van der Waals surface area (Å²) in [5.41, 5.74) is 18.3. The molecule has 0 bridgehead atoms. The van der Waals surface area contributed by atoms with Crippen LogP contribution in [-0.2, 0) is 5.41 Å². The molecule has 0 atom stereocenters. The smallest absolute Gasteiger partial charge is 0.0488 e. The van der Waals surface area contributed by atoms with Crippen molar-refractivity contribution in [3.8, 4) is 44.5 Å². The highest BCUT2D eigenvalue weighted by molar-refractivity contribution is 5.88. The Morgan fingerprint density at radius 2 is 0.477 bits per heavy atom. The molecule has 65 heavy (non-hydrogen) atoms. The molecule has 0 fully saturated rings. The molecule has 0 saturated carbocycles. The molecule has 0 radical (unpaired) electrons. The number of rotatable bonds is 12. The largest absolute Gasteiger partial charge is 0.310 e. The van der Waals surface area contributed by atoms with Gasteiger partial charge in [0.15, 0.2) is 0 Å². The van der Waals surface area contributed by atoms with E-state index >= 15 is 0 Å². The predicted octanol–water partition coefficient (Wildman–Crippen LogP) is 17.6. The summed E-state index contributed by atoms with van der Waals surface area (Å²) in [5.74, 6) is 0. The molecule has 10 rings (SSSR count). The van der Waals surface area contributed by atoms with Crippen molar-refractivity contribution >= 4 is 34.1 Å². The van der Waals surface area contributed by atoms with Crippen molar-refractivity contribution < 1.29 is 0 Å². The molecule has 10 aromatic carbocycles. The maximum atomic E-state index is 2.37. The third kappa shape index (κ3) is 8.76. The molecule has 10 aromatic rings. The second-order valence-electron chi connectivity index (χ2n) is 17.1. The van der Waals surface area contributed by atoms with E-state index in [1.807, 2.05) is 0 Å². The summed E-state index contributed by atoms with van der Waals surface area (Å²) in [4.78, 5) is 4.74. The van der Waals surface area contributed by atoms with Gasteiger partial charge in [0.05, 0.1) is 0 Å². The van der Waals surface area contributed by atoms with Gasteiger partial charge in [-0.2, -0.15) is 0 Å². The lowest BCUT2D eigenvalue weighted by Gasteiger charge is -2.30. The third-order valence-electron chi connectivity index (χ3n) is 12.6. The van der Waals surface area contributed by atoms with Gasteiger partial charge in [-0.25, -0.2) is 0 Å². The Morgan fingerprint density at radius 1 is 0.215 bits per heavy atom. The van der Waals surface area contributed by atoms with E-state index in [4.69, 9.17) is 0 Å². The quantitative estimate of drug-likeness (QED) is 0.121. The number of para-hydroxylation sites is 2. The summed E-state index contributed by atoms with van der Waals surface area (Å²) >= 11 is 0. The Morgan fingerprint density at radius 3 is 0.862 bits per heavy atom. The van der Waals surface area contributed by atoms with Crippen LogP contribution in [0.5, 0.6) is 0 Å². The lowest BCUT2D eigenvalue weighted by molar-refractivity contribution is 0.641. The van der Waals surface area contributed by atoms with E-state index in [2.05, 4.69) is 291 Å². The van der Waals surface area contributed by atoms with Crippen molar-refractivity contribution in [3.63, 3.8) is 0 Å². The SMILES string of the molecule is CC(C)(c1ccccc1)c1ccc(-c2ccc(-c3cc(N(c4ccccc4)c4ccc(-c5ccccc5)cc4)cc(N(c4ccccc4)c4ccc(-c5ccccc5)cc4)c3)cc2)cc1. The Labute approximate surface area is 384 Å². The molecule has 0 aromatic heterocycles. The summed E-state index contributed by atoms with van der Waals surface area (Å²) in [5, 5.41) is 0. The summed E-state index contributed by atoms with van der Waals surface area (Å²) < 4.78 is 0. The zero-order valence-electron chi connectivity index (χ0n) is 36.8. The third-order valence-corrected chi connectivity index (χ3v) is 12.6. The fourth-order valence-electron chi connectivity index (χ4n) is 8.89. The molecule has 0 amide bonds. The van der Waals surface area contributed by atoms with Crippen LogP contribution in [0.25, 0.3) is 44.5 Å². The predicted molar refractivity (Wildman–Crippen MR) is 276 cm³/mol. The Hall–Kier alpha value is -8.20. The summed E-state index contributed by atoms with van der Waals surface area (Å²) in [6.45, 7) is 4.59. The Balaban J connectivity index is 1.09. The van der Waals surface area contributed by atoms with E-state index < -0.39 is 0 Å². The van der Waals surface area contributed by atoms with Gasteiger partial charge < -0.3 is 9.80 Å². The standard InChI is InChI=1S/C63H50N2/c1-63(2,55-22-12-5-13-23-55)56-38-32-50(33-39-56)49-28-30-53(31-29-49)54-44-61(64(57-24-14-6-15-25-57)59-40-34-51(35-41-59)47-18-8-3-9-19-47)46-62(45-54)65(58-26-16-7-17-27-58)60-42-36-52(37-43-60)48-20-10-4-11-21-48/h3-46H,1-2H3. The minimum absolute atomic E-state index is 0.0957. The van der Waals surface area contributed by atoms with Crippen molar-refractivity contribution in [1.82, 2.24) is 0 Å². The molecule has 0 unspecified atom stereocenters. The number of hydrogen-bond acceptors (Lipinski definition) is 2. The van der Waals surface area contributed by atoms with Crippen LogP contribution in [0.1, 0.15) is 25.0 Å². The molecule has 312 valence electrons. The fraction of sp³-hybridized carbons (Fsp3) is 0.0476. The van der Waals surface area contributed by atoms with Gasteiger partial charge in [0.1, 0.15) is 0 Å². The average Bonchev–Trinajstić information content (AvgIpc) is 3.38. The highest BCUT2D eigenvalue weighted by Gasteiger charge is 2.23. The zero-order valence-corrected chi connectivity index (χ0v) is 36.8. The molecular formula is C63H50N2. The lowest BCUT2D eigenvalue weighted by Crippen LogP contribution is -2.18. The van der Waals surface area contributed by atoms with E-state index in [9.17, 15) is 0 Å². The first-order valence-corrected chi connectivity index (χ1v) is 22.4. The second-order valence-corrected chi connectivity index (χ2v) is 17.1. The fourth-order valence-corrected chi connectivity index (χ4v) is 8.89. The normalized spacial score (nSPS) is 11.2. The molecule has 0 heterocycles. The van der Waals surface area contributed by atoms with Crippen LogP contribution in [0.15, 0.2) is 267 Å². The first kappa shape index (κ1) is 40.8. The number of benzene rings is 10. The van der Waals surface area contributed by atoms with Crippen LogP contribution in [0.4, 0.5) is 34.1 Å². The van der Waals surface area contributed by atoms with Crippen LogP contribution in [0, 0.1) is 0 Å². The van der Waals surface area contributed by atoms with Gasteiger partial charge in [0.2, 0.25) is 0 Å². The van der Waals surface area contributed by atoms with E-state index in [-0.39, 0.29) is 5.41 Å². The lowest BCUT2D eigenvalue weighted by atomic mass is 9.78. The van der Waals surface area contributed by atoms with Crippen LogP contribution in [-0.4, -0.2) is 0 Å². The molecule has 0 spiro atoms. The highest BCUT2D eigenvalue weighted by Crippen LogP contribution is 2.44. The van der Waals surface area contributed by atoms with Crippen molar-refractivity contribution in [2.45, 2.75) is 19.3 Å². The van der Waals surface area contributed by atoms with Gasteiger partial charge in [-0.1, -0.05) is 214 Å². The van der Waals surface area contributed by atoms with Crippen molar-refractivity contribution in [2.75, 3.05) is 9.80 Å². The van der Waals surface area contributed by atoms with Crippen LogP contribution < -0.4 is 9.80 Å². The first-order chi connectivity index (χ1) is 32.0. The number of anilines is 6. The number of hydrogen-bond donors (Lipinski definition) is 0. The molecule has 0 aliphatic heterocycles. The molecule has 2 nitrogen and oxygen atoms in total. The van der Waals surface area contributed by atoms with E-state index in [0.29, 0.717) is 0 Å². The van der Waals surface area contributed by atoms with Gasteiger partial charge in [-0.15, -0.1) is 0 Å². The van der Waals surface area contributed by atoms with E-state index in [1.54, 1.807) is 0 Å². The van der Waals surface area contributed by atoms with E-state index in [1.165, 1.54) is 44.5 Å². The minimum atomic E-state index is -0.0957. The molecule has 0 saturated heterocycles. The van der Waals surface area contributed by atoms with Crippen LogP contribution in [0.3, 0.4) is 0 Å². The van der Waals surface area contributed by atoms with Crippen molar-refractivity contribution in [2.24, 2.45) is 0 Å².